The van der Waals surface area contributed by atoms with Crippen LogP contribution in [0.3, 0.4) is 0 Å². The Balaban J connectivity index is 1.64. The Labute approximate surface area is 200 Å². The summed E-state index contributed by atoms with van der Waals surface area (Å²) in [6.07, 6.45) is 2.60. The molecule has 2 aromatic heterocycles. The molecule has 0 radical (unpaired) electrons. The van der Waals surface area contributed by atoms with Crippen molar-refractivity contribution in [1.29, 1.82) is 0 Å². The van der Waals surface area contributed by atoms with Crippen LogP contribution in [0.25, 0.3) is 0 Å². The Morgan fingerprint density at radius 1 is 1.21 bits per heavy atom. The van der Waals surface area contributed by atoms with Crippen LogP contribution >= 0.6 is 0 Å². The van der Waals surface area contributed by atoms with Crippen LogP contribution in [0.1, 0.15) is 48.0 Å². The number of aromatic nitrogens is 2. The lowest BCUT2D eigenvalue weighted by Gasteiger charge is -2.20. The molecule has 1 aromatic carbocycles. The lowest BCUT2D eigenvalue weighted by atomic mass is 9.90. The number of nitrogens with two attached hydrogens (primary N) is 1. The number of carbonyl (C=O) groups excluding carboxylic acids is 1. The minimum atomic E-state index is -0.459. The number of amides is 1. The quantitative estimate of drug-likeness (QED) is 0.352. The summed E-state index contributed by atoms with van der Waals surface area (Å²) in [7, 11) is 0. The number of quaternary nitrogens is 1. The van der Waals surface area contributed by atoms with E-state index in [0.717, 1.165) is 36.6 Å². The summed E-state index contributed by atoms with van der Waals surface area (Å²) >= 11 is 0. The van der Waals surface area contributed by atoms with Gasteiger partial charge >= 0.3 is 0 Å². The summed E-state index contributed by atoms with van der Waals surface area (Å²) in [6.45, 7) is 8.18. The van der Waals surface area contributed by atoms with Crippen LogP contribution in [0.2, 0.25) is 0 Å². The number of rotatable bonds is 8. The average molecular weight is 462 g/mol. The van der Waals surface area contributed by atoms with Gasteiger partial charge < -0.3 is 21.1 Å². The molecule has 3 aromatic rings. The summed E-state index contributed by atoms with van der Waals surface area (Å²) in [5.74, 6) is 1.18. The summed E-state index contributed by atoms with van der Waals surface area (Å²) in [4.78, 5) is 21.9. The Hall–Kier alpha value is -3.33. The normalized spacial score (nSPS) is 13.3. The van der Waals surface area contributed by atoms with Gasteiger partial charge in [0, 0.05) is 42.5 Å². The monoisotopic (exact) mass is 461 g/mol. The van der Waals surface area contributed by atoms with Crippen molar-refractivity contribution in [2.75, 3.05) is 25.0 Å². The molecule has 0 saturated heterocycles. The second-order valence-electron chi connectivity index (χ2n) is 9.19. The first-order chi connectivity index (χ1) is 16.4. The van der Waals surface area contributed by atoms with Gasteiger partial charge in [0.25, 0.3) is 5.91 Å². The van der Waals surface area contributed by atoms with Gasteiger partial charge in [-0.15, -0.1) is 0 Å². The van der Waals surface area contributed by atoms with Crippen molar-refractivity contribution in [2.24, 2.45) is 0 Å². The van der Waals surface area contributed by atoms with Gasteiger partial charge in [0.2, 0.25) is 5.82 Å². The number of anilines is 2. The smallest absolute Gasteiger partial charge is 0.258 e. The molecule has 1 aliphatic heterocycles. The van der Waals surface area contributed by atoms with Gasteiger partial charge in [0.15, 0.2) is 5.69 Å². The third kappa shape index (κ3) is 5.41. The fourth-order valence-electron chi connectivity index (χ4n) is 3.96. The number of nitrogens with zero attached hydrogens (tertiary/aromatic N) is 2. The number of aliphatic hydroxyl groups is 1. The maximum Gasteiger partial charge on any atom is 0.258 e. The molecule has 178 valence electrons. The zero-order valence-electron chi connectivity index (χ0n) is 20.0. The van der Waals surface area contributed by atoms with E-state index in [1.165, 1.54) is 11.1 Å². The molecule has 34 heavy (non-hydrogen) atoms. The number of benzene rings is 1. The molecule has 8 nitrogen and oxygen atoms in total. The highest BCUT2D eigenvalue weighted by Gasteiger charge is 2.23. The molecule has 6 N–H and O–H groups in total. The highest BCUT2D eigenvalue weighted by atomic mass is 16.3. The molecule has 0 bridgehead atoms. The molecule has 0 atom stereocenters. The van der Waals surface area contributed by atoms with Gasteiger partial charge in [-0.25, -0.2) is 9.97 Å². The van der Waals surface area contributed by atoms with E-state index in [1.807, 2.05) is 50.4 Å². The van der Waals surface area contributed by atoms with E-state index in [0.29, 0.717) is 23.7 Å². The third-order valence-corrected chi connectivity index (χ3v) is 6.05. The fraction of sp³-hybridized carbons (Fsp3) is 0.346. The number of nitrogens with one attached hydrogen (secondary N) is 3. The van der Waals surface area contributed by atoms with Crippen molar-refractivity contribution in [2.45, 2.75) is 39.2 Å². The van der Waals surface area contributed by atoms with Gasteiger partial charge in [-0.3, -0.25) is 10.1 Å². The maximum atomic E-state index is 12.7. The van der Waals surface area contributed by atoms with Crippen LogP contribution in [0.5, 0.6) is 0 Å². The van der Waals surface area contributed by atoms with E-state index in [2.05, 4.69) is 39.1 Å². The average Bonchev–Trinajstić information content (AvgIpc) is 2.84. The van der Waals surface area contributed by atoms with Crippen LogP contribution in [-0.2, 0) is 18.4 Å². The third-order valence-electron chi connectivity index (χ3n) is 6.05. The van der Waals surface area contributed by atoms with Gasteiger partial charge in [-0.1, -0.05) is 26.0 Å². The molecule has 1 amide bonds. The number of aliphatic hydroxyl groups excluding tert-OH is 1. The largest absolute Gasteiger partial charge is 0.395 e. The highest BCUT2D eigenvalue weighted by Crippen LogP contribution is 2.24. The predicted octanol–water partition coefficient (Wildman–Crippen LogP) is 2.41. The Bertz CT molecular complexity index is 1180. The first kappa shape index (κ1) is 23.8. The zero-order valence-corrected chi connectivity index (χ0v) is 20.0. The molecular weight excluding hydrogens is 428 g/mol. The van der Waals surface area contributed by atoms with Crippen molar-refractivity contribution in [3.8, 4) is 0 Å². The van der Waals surface area contributed by atoms with E-state index >= 15 is 0 Å². The molecule has 0 spiro atoms. The van der Waals surface area contributed by atoms with Crippen molar-refractivity contribution >= 4 is 28.9 Å². The van der Waals surface area contributed by atoms with Crippen molar-refractivity contribution in [3.05, 3.63) is 71.0 Å². The van der Waals surface area contributed by atoms with E-state index in [-0.39, 0.29) is 12.5 Å². The molecule has 0 fully saturated rings. The minimum Gasteiger partial charge on any atom is -0.395 e. The lowest BCUT2D eigenvalue weighted by molar-refractivity contribution is -0.483. The molecular formula is C26H33N6O2+. The van der Waals surface area contributed by atoms with Gasteiger partial charge in [-0.05, 0) is 49.2 Å². The summed E-state index contributed by atoms with van der Waals surface area (Å²) in [5.41, 5.74) is 5.16. The Kier molecular flexibility index (Phi) is 7.21. The van der Waals surface area contributed by atoms with Crippen molar-refractivity contribution in [3.63, 3.8) is 0 Å². The van der Waals surface area contributed by atoms with Gasteiger partial charge in [0.05, 0.1) is 12.3 Å². The van der Waals surface area contributed by atoms with E-state index < -0.39 is 5.41 Å². The number of hydrogen-bond donors (Lipinski definition) is 5. The highest BCUT2D eigenvalue weighted by molar-refractivity contribution is 5.98. The van der Waals surface area contributed by atoms with Crippen LogP contribution in [0.4, 0.5) is 23.0 Å². The molecule has 4 rings (SSSR count). The van der Waals surface area contributed by atoms with E-state index in [4.69, 9.17) is 4.98 Å². The number of carbonyl (C=O) groups is 1. The topological polar surface area (TPSA) is 116 Å². The van der Waals surface area contributed by atoms with Gasteiger partial charge in [0.1, 0.15) is 11.4 Å². The first-order valence-corrected chi connectivity index (χ1v) is 11.7. The summed E-state index contributed by atoms with van der Waals surface area (Å²) in [6, 6.07) is 13.9. The van der Waals surface area contributed by atoms with Crippen LogP contribution in [-0.4, -0.2) is 40.7 Å². The van der Waals surface area contributed by atoms with Crippen LogP contribution in [0, 0.1) is 0 Å². The molecule has 0 unspecified atom stereocenters. The van der Waals surface area contributed by atoms with Crippen LogP contribution in [0.15, 0.2) is 48.7 Å². The molecule has 0 saturated carbocycles. The summed E-state index contributed by atoms with van der Waals surface area (Å²) < 4.78 is 0. The molecule has 8 heteroatoms. The first-order valence-electron chi connectivity index (χ1n) is 11.7. The van der Waals surface area contributed by atoms with E-state index in [1.54, 1.807) is 6.20 Å². The predicted molar refractivity (Wildman–Crippen MR) is 133 cm³/mol. The van der Waals surface area contributed by atoms with Crippen molar-refractivity contribution < 1.29 is 15.2 Å². The molecule has 3 heterocycles. The molecule has 1 aliphatic rings. The second-order valence-corrected chi connectivity index (χ2v) is 9.19. The lowest BCUT2D eigenvalue weighted by Crippen LogP contribution is -2.72. The van der Waals surface area contributed by atoms with E-state index in [9.17, 15) is 9.90 Å². The van der Waals surface area contributed by atoms with Gasteiger partial charge in [-0.2, -0.15) is 0 Å². The minimum absolute atomic E-state index is 0.00618. The zero-order chi connectivity index (χ0) is 24.1. The number of pyridine rings is 2. The second kappa shape index (κ2) is 10.3. The van der Waals surface area contributed by atoms with Crippen LogP contribution < -0.4 is 21.3 Å². The number of hydrogen-bond acceptors (Lipinski definition) is 6. The Morgan fingerprint density at radius 2 is 2.06 bits per heavy atom. The van der Waals surface area contributed by atoms with Crippen molar-refractivity contribution in [1.82, 2.24) is 20.6 Å². The number of fused-ring (bicyclic) bond motifs is 1. The summed E-state index contributed by atoms with van der Waals surface area (Å²) in [5, 5.41) is 21.2. The standard InChI is InChI=1S/C26H32N6O2/c1-4-28-25(34)20-15-29-24(30-19-9-8-18-14-27-11-10-17(18)12-19)13-21(20)31-23-7-5-6-22(32-23)26(2,3)16-33/h5-9,12-13,15,27,33H,4,10-11,14,16H2,1-3H3,(H,28,34)(H2,29,30,31,32)/p+1. The SMILES string of the molecule is CCNC(=O)c1cnc(Nc2ccc3c(c2)CCNC3)cc1[NH2+]c1cccc(C(C)(C)CO)n1. The Morgan fingerprint density at radius 3 is 2.85 bits per heavy atom. The molecule has 0 aliphatic carbocycles. The maximum absolute atomic E-state index is 12.7. The fourth-order valence-corrected chi connectivity index (χ4v) is 3.96.